The predicted octanol–water partition coefficient (Wildman–Crippen LogP) is 4.58. The van der Waals surface area contributed by atoms with Crippen LogP contribution in [0.3, 0.4) is 0 Å². The number of carbonyl (C=O) groups is 1. The molecule has 0 heterocycles. The van der Waals surface area contributed by atoms with Crippen LogP contribution in [-0.4, -0.2) is 12.5 Å². The zero-order valence-corrected chi connectivity index (χ0v) is 14.3. The number of aryl methyl sites for hydroxylation is 2. The van der Waals surface area contributed by atoms with E-state index in [-0.39, 0.29) is 11.9 Å². The first kappa shape index (κ1) is 17.1. The molecular formula is C20H25NO2. The topological polar surface area (TPSA) is 38.3 Å². The van der Waals surface area contributed by atoms with Gasteiger partial charge < -0.3 is 10.1 Å². The first-order valence-corrected chi connectivity index (χ1v) is 8.12. The van der Waals surface area contributed by atoms with Gasteiger partial charge in [0.05, 0.1) is 12.6 Å². The summed E-state index contributed by atoms with van der Waals surface area (Å²) in [6.07, 6.45) is 0.968. The van der Waals surface area contributed by atoms with Crippen molar-refractivity contribution < 1.29 is 9.53 Å². The smallest absolute Gasteiger partial charge is 0.251 e. The molecule has 1 amide bonds. The van der Waals surface area contributed by atoms with E-state index in [1.54, 1.807) is 12.1 Å². The Balaban J connectivity index is 2.04. The molecule has 2 rings (SSSR count). The molecule has 0 fully saturated rings. The highest BCUT2D eigenvalue weighted by Gasteiger charge is 2.13. The highest BCUT2D eigenvalue weighted by atomic mass is 16.5. The van der Waals surface area contributed by atoms with Crippen molar-refractivity contribution in [3.8, 4) is 5.75 Å². The lowest BCUT2D eigenvalue weighted by Gasteiger charge is -2.17. The molecule has 0 aromatic heterocycles. The Morgan fingerprint density at radius 2 is 1.83 bits per heavy atom. The van der Waals surface area contributed by atoms with Gasteiger partial charge in [-0.25, -0.2) is 0 Å². The van der Waals surface area contributed by atoms with Gasteiger partial charge in [0.2, 0.25) is 0 Å². The highest BCUT2D eigenvalue weighted by molar-refractivity contribution is 5.94. The van der Waals surface area contributed by atoms with Gasteiger partial charge in [0, 0.05) is 5.56 Å². The summed E-state index contributed by atoms with van der Waals surface area (Å²) < 4.78 is 5.54. The van der Waals surface area contributed by atoms with Gasteiger partial charge in [-0.2, -0.15) is 0 Å². The van der Waals surface area contributed by atoms with Crippen molar-refractivity contribution in [1.82, 2.24) is 5.32 Å². The molecule has 0 saturated carbocycles. The first-order valence-electron chi connectivity index (χ1n) is 8.12. The van der Waals surface area contributed by atoms with Crippen LogP contribution in [0, 0.1) is 13.8 Å². The van der Waals surface area contributed by atoms with Gasteiger partial charge in [0.25, 0.3) is 5.91 Å². The second-order valence-electron chi connectivity index (χ2n) is 5.93. The molecular weight excluding hydrogens is 286 g/mol. The minimum Gasteiger partial charge on any atom is -0.494 e. The van der Waals surface area contributed by atoms with Crippen LogP contribution in [-0.2, 0) is 0 Å². The number of amides is 1. The van der Waals surface area contributed by atoms with Crippen LogP contribution < -0.4 is 10.1 Å². The van der Waals surface area contributed by atoms with E-state index in [0.29, 0.717) is 12.2 Å². The lowest BCUT2D eigenvalue weighted by Crippen LogP contribution is -2.27. The highest BCUT2D eigenvalue weighted by Crippen LogP contribution is 2.20. The summed E-state index contributed by atoms with van der Waals surface area (Å²) in [6, 6.07) is 13.6. The molecule has 2 aromatic carbocycles. The van der Waals surface area contributed by atoms with E-state index in [2.05, 4.69) is 44.3 Å². The summed E-state index contributed by atoms with van der Waals surface area (Å²) in [7, 11) is 0. The number of carbonyl (C=O) groups excluding carboxylic acids is 1. The van der Waals surface area contributed by atoms with Crippen molar-refractivity contribution in [1.29, 1.82) is 0 Å². The van der Waals surface area contributed by atoms with Crippen LogP contribution in [0.25, 0.3) is 0 Å². The van der Waals surface area contributed by atoms with E-state index in [1.807, 2.05) is 19.1 Å². The maximum Gasteiger partial charge on any atom is 0.251 e. The maximum absolute atomic E-state index is 12.4. The molecule has 3 nitrogen and oxygen atoms in total. The lowest BCUT2D eigenvalue weighted by atomic mass is 10.00. The molecule has 3 heteroatoms. The largest absolute Gasteiger partial charge is 0.494 e. The number of nitrogens with one attached hydrogen (secondary N) is 1. The van der Waals surface area contributed by atoms with Crippen LogP contribution in [0.1, 0.15) is 53.4 Å². The fourth-order valence-corrected chi connectivity index (χ4v) is 2.51. The van der Waals surface area contributed by atoms with Crippen molar-refractivity contribution in [3.63, 3.8) is 0 Å². The van der Waals surface area contributed by atoms with E-state index in [1.165, 1.54) is 11.1 Å². The zero-order chi connectivity index (χ0) is 16.8. The van der Waals surface area contributed by atoms with Crippen LogP contribution in [0.15, 0.2) is 42.5 Å². The van der Waals surface area contributed by atoms with Crippen molar-refractivity contribution in [2.45, 2.75) is 40.2 Å². The third-order valence-corrected chi connectivity index (χ3v) is 3.84. The standard InChI is InChI=1S/C20H25NO2/c1-5-12-23-18-10-8-17(9-11-18)20(22)21-16(4)19-13-14(2)6-7-15(19)3/h6-11,13,16H,5,12H2,1-4H3,(H,21,22)/t16-/m0/s1. The SMILES string of the molecule is CCCOc1ccc(C(=O)N[C@@H](C)c2cc(C)ccc2C)cc1. The number of rotatable bonds is 6. The Kier molecular flexibility index (Phi) is 5.80. The summed E-state index contributed by atoms with van der Waals surface area (Å²) in [5.41, 5.74) is 4.18. The minimum absolute atomic E-state index is 0.0292. The van der Waals surface area contributed by atoms with Gasteiger partial charge >= 0.3 is 0 Å². The normalized spacial score (nSPS) is 11.8. The Bertz CT molecular complexity index is 662. The maximum atomic E-state index is 12.4. The second-order valence-corrected chi connectivity index (χ2v) is 5.93. The van der Waals surface area contributed by atoms with E-state index in [4.69, 9.17) is 4.74 Å². The molecule has 0 aliphatic carbocycles. The summed E-state index contributed by atoms with van der Waals surface area (Å²) in [5.74, 6) is 0.728. The fourth-order valence-electron chi connectivity index (χ4n) is 2.51. The Morgan fingerprint density at radius 1 is 1.13 bits per heavy atom. The van der Waals surface area contributed by atoms with Crippen LogP contribution in [0.5, 0.6) is 5.75 Å². The third-order valence-electron chi connectivity index (χ3n) is 3.84. The van der Waals surface area contributed by atoms with Gasteiger partial charge in [-0.15, -0.1) is 0 Å². The van der Waals surface area contributed by atoms with Crippen LogP contribution >= 0.6 is 0 Å². The molecule has 0 aliphatic heterocycles. The third kappa shape index (κ3) is 4.59. The van der Waals surface area contributed by atoms with Crippen molar-refractivity contribution in [3.05, 3.63) is 64.7 Å². The summed E-state index contributed by atoms with van der Waals surface area (Å²) in [4.78, 5) is 12.4. The van der Waals surface area contributed by atoms with Crippen molar-refractivity contribution in [2.75, 3.05) is 6.61 Å². The number of hydrogen-bond acceptors (Lipinski definition) is 2. The molecule has 122 valence electrons. The fraction of sp³-hybridized carbons (Fsp3) is 0.350. The van der Waals surface area contributed by atoms with Gasteiger partial charge in [-0.1, -0.05) is 30.7 Å². The molecule has 0 aliphatic rings. The lowest BCUT2D eigenvalue weighted by molar-refractivity contribution is 0.0940. The zero-order valence-electron chi connectivity index (χ0n) is 14.3. The Hall–Kier alpha value is -2.29. The monoisotopic (exact) mass is 311 g/mol. The van der Waals surface area contributed by atoms with Crippen molar-refractivity contribution >= 4 is 5.91 Å². The van der Waals surface area contributed by atoms with Gasteiger partial charge in [-0.05, 0) is 62.6 Å². The number of hydrogen-bond donors (Lipinski definition) is 1. The predicted molar refractivity (Wildman–Crippen MR) is 94.0 cm³/mol. The van der Waals surface area contributed by atoms with Crippen LogP contribution in [0.2, 0.25) is 0 Å². The van der Waals surface area contributed by atoms with E-state index < -0.39 is 0 Å². The Labute approximate surface area is 138 Å². The Morgan fingerprint density at radius 3 is 2.48 bits per heavy atom. The first-order chi connectivity index (χ1) is 11.0. The summed E-state index contributed by atoms with van der Waals surface area (Å²) in [5, 5.41) is 3.06. The van der Waals surface area contributed by atoms with Gasteiger partial charge in [-0.3, -0.25) is 4.79 Å². The average Bonchev–Trinajstić information content (AvgIpc) is 2.55. The second kappa shape index (κ2) is 7.82. The van der Waals surface area contributed by atoms with Crippen LogP contribution in [0.4, 0.5) is 0 Å². The minimum atomic E-state index is -0.0690. The molecule has 0 spiro atoms. The quantitative estimate of drug-likeness (QED) is 0.847. The molecule has 1 atom stereocenters. The molecule has 23 heavy (non-hydrogen) atoms. The van der Waals surface area contributed by atoms with E-state index in [0.717, 1.165) is 17.7 Å². The number of ether oxygens (including phenoxy) is 1. The molecule has 0 saturated heterocycles. The van der Waals surface area contributed by atoms with Gasteiger partial charge in [0.15, 0.2) is 0 Å². The summed E-state index contributed by atoms with van der Waals surface area (Å²) in [6.45, 7) is 8.90. The van der Waals surface area contributed by atoms with E-state index >= 15 is 0 Å². The molecule has 0 unspecified atom stereocenters. The number of benzene rings is 2. The van der Waals surface area contributed by atoms with Crippen molar-refractivity contribution in [2.24, 2.45) is 0 Å². The molecule has 1 N–H and O–H groups in total. The molecule has 0 radical (unpaired) electrons. The molecule has 2 aromatic rings. The van der Waals surface area contributed by atoms with Gasteiger partial charge in [0.1, 0.15) is 5.75 Å². The average molecular weight is 311 g/mol. The molecule has 0 bridgehead atoms. The van der Waals surface area contributed by atoms with E-state index in [9.17, 15) is 4.79 Å². The summed E-state index contributed by atoms with van der Waals surface area (Å²) >= 11 is 0.